The molecule has 0 atom stereocenters. The Morgan fingerprint density at radius 1 is 1.07 bits per heavy atom. The molecular weight excluding hydrogens is 548 g/mol. The molecule has 12 heteroatoms. The number of thiocarbonyl (C=S) groups is 1. The first-order valence-electron chi connectivity index (χ1n) is 12.3. The summed E-state index contributed by atoms with van der Waals surface area (Å²) in [4.78, 5) is 18.8. The van der Waals surface area contributed by atoms with Crippen LogP contribution in [0.5, 0.6) is 5.75 Å². The van der Waals surface area contributed by atoms with Gasteiger partial charge < -0.3 is 14.4 Å². The van der Waals surface area contributed by atoms with Crippen molar-refractivity contribution in [2.75, 3.05) is 29.6 Å². The van der Waals surface area contributed by atoms with Crippen LogP contribution in [0.25, 0.3) is 0 Å². The maximum Gasteiger partial charge on any atom is 0.419 e. The molecule has 2 aromatic carbocycles. The Balaban J connectivity index is 1.43. The van der Waals surface area contributed by atoms with Gasteiger partial charge in [0.1, 0.15) is 6.07 Å². The van der Waals surface area contributed by atoms with Gasteiger partial charge in [-0.2, -0.15) is 18.4 Å². The van der Waals surface area contributed by atoms with Crippen molar-refractivity contribution in [3.63, 3.8) is 0 Å². The summed E-state index contributed by atoms with van der Waals surface area (Å²) in [6.45, 7) is 1.36. The van der Waals surface area contributed by atoms with Gasteiger partial charge in [0.25, 0.3) is 0 Å². The van der Waals surface area contributed by atoms with E-state index < -0.39 is 29.2 Å². The van der Waals surface area contributed by atoms with Gasteiger partial charge in [0.05, 0.1) is 37.3 Å². The van der Waals surface area contributed by atoms with Gasteiger partial charge in [0.2, 0.25) is 5.91 Å². The highest BCUT2D eigenvalue weighted by atomic mass is 32.1. The molecule has 1 aromatic heterocycles. The number of pyridine rings is 1. The molecule has 40 heavy (non-hydrogen) atoms. The van der Waals surface area contributed by atoms with E-state index in [2.05, 4.69) is 4.98 Å². The fourth-order valence-corrected chi connectivity index (χ4v) is 4.48. The van der Waals surface area contributed by atoms with Crippen LogP contribution in [-0.4, -0.2) is 35.8 Å². The van der Waals surface area contributed by atoms with Crippen LogP contribution < -0.4 is 14.5 Å². The first-order valence-corrected chi connectivity index (χ1v) is 12.8. The number of nitrogens with zero attached hydrogens (tertiary/aromatic N) is 4. The van der Waals surface area contributed by atoms with Crippen LogP contribution in [0.1, 0.15) is 36.1 Å². The van der Waals surface area contributed by atoms with E-state index in [1.807, 2.05) is 30.3 Å². The SMILES string of the molecule is N#Cc1ncc(N2C(=O)CCCN(c3ccc(OCCCOCc4ccccc4)c(F)c3)C2=S)cc1C(F)(F)F. The second kappa shape index (κ2) is 12.8. The van der Waals surface area contributed by atoms with Gasteiger partial charge in [-0.1, -0.05) is 30.3 Å². The van der Waals surface area contributed by atoms with Gasteiger partial charge in [-0.05, 0) is 42.4 Å². The highest BCUT2D eigenvalue weighted by Gasteiger charge is 2.37. The highest BCUT2D eigenvalue weighted by Crippen LogP contribution is 2.35. The van der Waals surface area contributed by atoms with E-state index in [-0.39, 0.29) is 36.1 Å². The van der Waals surface area contributed by atoms with Crippen LogP contribution in [-0.2, 0) is 22.3 Å². The third-order valence-corrected chi connectivity index (χ3v) is 6.42. The van der Waals surface area contributed by atoms with Crippen LogP contribution in [0, 0.1) is 17.1 Å². The second-order valence-electron chi connectivity index (χ2n) is 8.82. The molecule has 0 unspecified atom stereocenters. The number of rotatable bonds is 9. The molecule has 0 radical (unpaired) electrons. The average Bonchev–Trinajstić information content (AvgIpc) is 3.08. The molecule has 0 aliphatic carbocycles. The normalized spacial score (nSPS) is 14.2. The lowest BCUT2D eigenvalue weighted by molar-refractivity contribution is -0.138. The summed E-state index contributed by atoms with van der Waals surface area (Å²) < 4.78 is 66.6. The van der Waals surface area contributed by atoms with Crippen molar-refractivity contribution in [2.24, 2.45) is 0 Å². The fourth-order valence-electron chi connectivity index (χ4n) is 4.08. The van der Waals surface area contributed by atoms with E-state index in [0.29, 0.717) is 37.8 Å². The number of hydrogen-bond acceptors (Lipinski definition) is 6. The third-order valence-electron chi connectivity index (χ3n) is 6.02. The Morgan fingerprint density at radius 3 is 2.55 bits per heavy atom. The summed E-state index contributed by atoms with van der Waals surface area (Å²) in [5, 5.41) is 8.89. The van der Waals surface area contributed by atoms with Crippen molar-refractivity contribution in [3.05, 3.63) is 83.4 Å². The zero-order valence-electron chi connectivity index (χ0n) is 21.2. The number of carbonyl (C=O) groups is 1. The number of hydrogen-bond donors (Lipinski definition) is 0. The maximum atomic E-state index is 14.9. The molecule has 2 heterocycles. The van der Waals surface area contributed by atoms with Crippen molar-refractivity contribution >= 4 is 34.6 Å². The Bertz CT molecular complexity index is 1410. The van der Waals surface area contributed by atoms with Gasteiger partial charge >= 0.3 is 6.18 Å². The summed E-state index contributed by atoms with van der Waals surface area (Å²) in [5.41, 5.74) is -0.979. The molecule has 1 fully saturated rings. The first-order chi connectivity index (χ1) is 19.2. The minimum atomic E-state index is -4.86. The highest BCUT2D eigenvalue weighted by molar-refractivity contribution is 7.81. The number of anilines is 2. The summed E-state index contributed by atoms with van der Waals surface area (Å²) >= 11 is 5.49. The molecule has 0 N–H and O–H groups in total. The predicted octanol–water partition coefficient (Wildman–Crippen LogP) is 6.02. The third kappa shape index (κ3) is 6.91. The largest absolute Gasteiger partial charge is 0.490 e. The second-order valence-corrected chi connectivity index (χ2v) is 9.19. The summed E-state index contributed by atoms with van der Waals surface area (Å²) in [7, 11) is 0. The van der Waals surface area contributed by atoms with E-state index in [0.717, 1.165) is 16.7 Å². The number of alkyl halides is 3. The van der Waals surface area contributed by atoms with E-state index in [1.165, 1.54) is 23.1 Å². The Labute approximate surface area is 233 Å². The summed E-state index contributed by atoms with van der Waals surface area (Å²) in [6.07, 6.45) is -3.01. The molecule has 0 saturated carbocycles. The number of halogens is 4. The number of nitriles is 1. The van der Waals surface area contributed by atoms with Crippen molar-refractivity contribution in [1.29, 1.82) is 5.26 Å². The Kier molecular flexibility index (Phi) is 9.29. The zero-order valence-corrected chi connectivity index (χ0v) is 22.0. The average molecular weight is 573 g/mol. The molecule has 1 saturated heterocycles. The van der Waals surface area contributed by atoms with E-state index in [9.17, 15) is 22.4 Å². The molecule has 208 valence electrons. The molecule has 7 nitrogen and oxygen atoms in total. The van der Waals surface area contributed by atoms with Crippen LogP contribution in [0.15, 0.2) is 60.8 Å². The molecule has 4 rings (SSSR count). The van der Waals surface area contributed by atoms with Crippen LogP contribution in [0.3, 0.4) is 0 Å². The van der Waals surface area contributed by atoms with Crippen LogP contribution in [0.2, 0.25) is 0 Å². The monoisotopic (exact) mass is 572 g/mol. The Morgan fingerprint density at radius 2 is 1.85 bits per heavy atom. The quantitative estimate of drug-likeness (QED) is 0.176. The molecule has 1 aliphatic rings. The smallest absolute Gasteiger partial charge is 0.419 e. The van der Waals surface area contributed by atoms with Crippen molar-refractivity contribution < 1.29 is 31.8 Å². The minimum Gasteiger partial charge on any atom is -0.490 e. The standard InChI is InChI=1S/C28H24F4N4O3S/c29-23-15-20(9-10-25(23)39-13-5-12-38-18-19-6-2-1-3-7-19)35-11-4-8-26(37)36(27(35)40)21-14-22(28(30,31)32)24(16-33)34-17-21/h1-3,6-7,9-10,14-15,17H,4-5,8,11-13,18H2. The summed E-state index contributed by atoms with van der Waals surface area (Å²) in [6, 6.07) is 15.9. The number of ether oxygens (including phenoxy) is 2. The lowest BCUT2D eigenvalue weighted by atomic mass is 10.1. The lowest BCUT2D eigenvalue weighted by Gasteiger charge is -2.30. The molecule has 0 spiro atoms. The van der Waals surface area contributed by atoms with E-state index >= 15 is 0 Å². The van der Waals surface area contributed by atoms with Crippen molar-refractivity contribution in [2.45, 2.75) is 32.0 Å². The van der Waals surface area contributed by atoms with E-state index in [4.69, 9.17) is 27.0 Å². The van der Waals surface area contributed by atoms with Crippen LogP contribution >= 0.6 is 12.2 Å². The maximum absolute atomic E-state index is 14.9. The van der Waals surface area contributed by atoms with Gasteiger partial charge in [-0.3, -0.25) is 9.69 Å². The van der Waals surface area contributed by atoms with Gasteiger partial charge in [-0.25, -0.2) is 9.37 Å². The van der Waals surface area contributed by atoms with Crippen molar-refractivity contribution in [3.8, 4) is 11.8 Å². The molecule has 1 aliphatic heterocycles. The number of benzene rings is 2. The number of aromatic nitrogens is 1. The van der Waals surface area contributed by atoms with Crippen molar-refractivity contribution in [1.82, 2.24) is 4.98 Å². The van der Waals surface area contributed by atoms with Gasteiger partial charge in [0.15, 0.2) is 22.4 Å². The fraction of sp³-hybridized carbons (Fsp3) is 0.286. The summed E-state index contributed by atoms with van der Waals surface area (Å²) in [5.74, 6) is -1.18. The Hall–Kier alpha value is -4.08. The topological polar surface area (TPSA) is 78.7 Å². The predicted molar refractivity (Wildman–Crippen MR) is 143 cm³/mol. The minimum absolute atomic E-state index is 0.00594. The van der Waals surface area contributed by atoms with Crippen LogP contribution in [0.4, 0.5) is 28.9 Å². The first kappa shape index (κ1) is 28.9. The molecular formula is C28H24F4N4O3S. The number of amides is 1. The molecule has 3 aromatic rings. The number of carbonyl (C=O) groups excluding carboxylic acids is 1. The molecule has 1 amide bonds. The zero-order chi connectivity index (χ0) is 28.7. The molecule has 0 bridgehead atoms. The van der Waals surface area contributed by atoms with Gasteiger partial charge in [-0.15, -0.1) is 0 Å². The van der Waals surface area contributed by atoms with Gasteiger partial charge in [0, 0.05) is 31.1 Å². The van der Waals surface area contributed by atoms with E-state index in [1.54, 1.807) is 6.07 Å². The lowest BCUT2D eigenvalue weighted by Crippen LogP contribution is -2.44.